The molecule has 116 valence electrons. The van der Waals surface area contributed by atoms with Crippen LogP contribution in [-0.2, 0) is 19.8 Å². The zero-order valence-corrected chi connectivity index (χ0v) is 12.5. The summed E-state index contributed by atoms with van der Waals surface area (Å²) in [4.78, 5) is 23.3. The van der Waals surface area contributed by atoms with Crippen molar-refractivity contribution in [3.05, 3.63) is 0 Å². The number of hydrogen-bond acceptors (Lipinski definition) is 4. The number of carbonyl (C=O) groups excluding carboxylic acids is 1. The Hall–Kier alpha value is -1.19. The van der Waals surface area contributed by atoms with E-state index in [1.807, 2.05) is 0 Å². The fourth-order valence-corrected chi connectivity index (χ4v) is 3.15. The van der Waals surface area contributed by atoms with Gasteiger partial charge in [0.15, 0.2) is 0 Å². The smallest absolute Gasteiger partial charge is 0.304 e. The van der Waals surface area contributed by atoms with Gasteiger partial charge < -0.3 is 10.0 Å². The zero-order chi connectivity index (χ0) is 15.3. The lowest BCUT2D eigenvalue weighted by atomic mass is 10.1. The van der Waals surface area contributed by atoms with Crippen LogP contribution < -0.4 is 4.72 Å². The Bertz CT molecular complexity index is 457. The van der Waals surface area contributed by atoms with Gasteiger partial charge in [0.2, 0.25) is 5.91 Å². The summed E-state index contributed by atoms with van der Waals surface area (Å²) >= 11 is 0. The lowest BCUT2D eigenvalue weighted by molar-refractivity contribution is -0.137. The summed E-state index contributed by atoms with van der Waals surface area (Å²) in [5.41, 5.74) is 0. The van der Waals surface area contributed by atoms with Crippen molar-refractivity contribution >= 4 is 22.1 Å². The fourth-order valence-electron chi connectivity index (χ4n) is 1.99. The van der Waals surface area contributed by atoms with Crippen molar-refractivity contribution in [2.45, 2.75) is 32.2 Å². The van der Waals surface area contributed by atoms with Crippen LogP contribution in [0.3, 0.4) is 0 Å². The van der Waals surface area contributed by atoms with E-state index >= 15 is 0 Å². The van der Waals surface area contributed by atoms with Gasteiger partial charge in [0, 0.05) is 39.6 Å². The number of likely N-dealkylation sites (tertiary alicyclic amines) is 1. The fraction of sp³-hybridized carbons (Fsp3) is 0.818. The standard InChI is InChI=1S/C11H21N3O5S/c1-9(15)14-7-3-10(4-8-14)12-20(18,19)13(2)6-5-11(16)17/h10,12H,3-8H2,1-2H3,(H,16,17). The first-order chi connectivity index (χ1) is 9.22. The third kappa shape index (κ3) is 5.06. The quantitative estimate of drug-likeness (QED) is 0.670. The number of amides is 1. The predicted octanol–water partition coefficient (Wildman–Crippen LogP) is -0.762. The first-order valence-corrected chi connectivity index (χ1v) is 7.87. The van der Waals surface area contributed by atoms with Gasteiger partial charge in [0.25, 0.3) is 10.2 Å². The molecule has 0 aromatic carbocycles. The summed E-state index contributed by atoms with van der Waals surface area (Å²) in [6.45, 7) is 2.48. The molecule has 0 unspecified atom stereocenters. The summed E-state index contributed by atoms with van der Waals surface area (Å²) in [7, 11) is -2.33. The van der Waals surface area contributed by atoms with Crippen LogP contribution in [0.25, 0.3) is 0 Å². The molecular formula is C11H21N3O5S. The van der Waals surface area contributed by atoms with Crippen LogP contribution in [0.4, 0.5) is 0 Å². The van der Waals surface area contributed by atoms with Gasteiger partial charge in [0.1, 0.15) is 0 Å². The van der Waals surface area contributed by atoms with Gasteiger partial charge >= 0.3 is 5.97 Å². The Labute approximate surface area is 118 Å². The molecule has 1 amide bonds. The van der Waals surface area contributed by atoms with Crippen LogP contribution in [0, 0.1) is 0 Å². The van der Waals surface area contributed by atoms with Crippen molar-refractivity contribution in [2.24, 2.45) is 0 Å². The minimum absolute atomic E-state index is 0.00937. The summed E-state index contributed by atoms with van der Waals surface area (Å²) in [5, 5.41) is 8.55. The molecule has 0 aliphatic carbocycles. The van der Waals surface area contributed by atoms with Gasteiger partial charge in [-0.3, -0.25) is 9.59 Å². The minimum Gasteiger partial charge on any atom is -0.481 e. The van der Waals surface area contributed by atoms with Crippen molar-refractivity contribution in [1.29, 1.82) is 0 Å². The Morgan fingerprint density at radius 3 is 2.35 bits per heavy atom. The highest BCUT2D eigenvalue weighted by atomic mass is 32.2. The van der Waals surface area contributed by atoms with E-state index in [9.17, 15) is 18.0 Å². The average molecular weight is 307 g/mol. The molecule has 9 heteroatoms. The van der Waals surface area contributed by atoms with Gasteiger partial charge in [0.05, 0.1) is 6.42 Å². The molecule has 0 bridgehead atoms. The molecule has 1 heterocycles. The minimum atomic E-state index is -3.68. The van der Waals surface area contributed by atoms with E-state index in [2.05, 4.69) is 4.72 Å². The molecule has 0 spiro atoms. The largest absolute Gasteiger partial charge is 0.481 e. The predicted molar refractivity (Wildman–Crippen MR) is 72.2 cm³/mol. The molecule has 2 N–H and O–H groups in total. The third-order valence-corrected chi connectivity index (χ3v) is 4.94. The van der Waals surface area contributed by atoms with E-state index in [1.54, 1.807) is 4.90 Å². The second-order valence-corrected chi connectivity index (χ2v) is 6.68. The molecule has 0 saturated carbocycles. The highest BCUT2D eigenvalue weighted by Gasteiger charge is 2.26. The van der Waals surface area contributed by atoms with Crippen LogP contribution in [0.5, 0.6) is 0 Å². The number of hydrogen-bond donors (Lipinski definition) is 2. The molecule has 1 saturated heterocycles. The number of rotatable bonds is 6. The molecular weight excluding hydrogens is 286 g/mol. The van der Waals surface area contributed by atoms with E-state index in [1.165, 1.54) is 14.0 Å². The molecule has 1 aliphatic heterocycles. The normalized spacial score (nSPS) is 17.4. The Kier molecular flexibility index (Phi) is 5.90. The first kappa shape index (κ1) is 16.9. The summed E-state index contributed by atoms with van der Waals surface area (Å²) in [6.07, 6.45) is 0.886. The van der Waals surface area contributed by atoms with Crippen molar-refractivity contribution in [2.75, 3.05) is 26.7 Å². The summed E-state index contributed by atoms with van der Waals surface area (Å²) in [6, 6.07) is -0.220. The second kappa shape index (κ2) is 7.00. The molecule has 8 nitrogen and oxygen atoms in total. The van der Waals surface area contributed by atoms with Crippen LogP contribution in [0.1, 0.15) is 26.2 Å². The molecule has 0 atom stereocenters. The van der Waals surface area contributed by atoms with Crippen LogP contribution in [0.15, 0.2) is 0 Å². The number of nitrogens with zero attached hydrogens (tertiary/aromatic N) is 2. The lowest BCUT2D eigenvalue weighted by Gasteiger charge is -2.32. The topological polar surface area (TPSA) is 107 Å². The van der Waals surface area contributed by atoms with E-state index in [0.29, 0.717) is 25.9 Å². The van der Waals surface area contributed by atoms with E-state index in [0.717, 1.165) is 4.31 Å². The van der Waals surface area contributed by atoms with Crippen LogP contribution in [-0.4, -0.2) is 67.3 Å². The molecule has 0 radical (unpaired) electrons. The van der Waals surface area contributed by atoms with Gasteiger partial charge in [-0.15, -0.1) is 0 Å². The maximum atomic E-state index is 12.0. The maximum absolute atomic E-state index is 12.0. The Morgan fingerprint density at radius 1 is 1.35 bits per heavy atom. The third-order valence-electron chi connectivity index (χ3n) is 3.31. The number of carboxylic acid groups (broad SMARTS) is 1. The number of piperidine rings is 1. The lowest BCUT2D eigenvalue weighted by Crippen LogP contribution is -2.49. The first-order valence-electron chi connectivity index (χ1n) is 6.43. The Balaban J connectivity index is 2.47. The number of aliphatic carboxylic acids is 1. The highest BCUT2D eigenvalue weighted by Crippen LogP contribution is 2.12. The van der Waals surface area contributed by atoms with Crippen molar-refractivity contribution in [3.8, 4) is 0 Å². The van der Waals surface area contributed by atoms with Crippen molar-refractivity contribution < 1.29 is 23.1 Å². The van der Waals surface area contributed by atoms with Gasteiger partial charge in [-0.05, 0) is 12.8 Å². The summed E-state index contributed by atoms with van der Waals surface area (Å²) < 4.78 is 27.5. The van der Waals surface area contributed by atoms with Crippen molar-refractivity contribution in [1.82, 2.24) is 13.9 Å². The summed E-state index contributed by atoms with van der Waals surface area (Å²) in [5.74, 6) is -1.05. The van der Waals surface area contributed by atoms with E-state index in [4.69, 9.17) is 5.11 Å². The monoisotopic (exact) mass is 307 g/mol. The molecule has 1 rings (SSSR count). The molecule has 0 aromatic heterocycles. The average Bonchev–Trinajstić information content (AvgIpc) is 2.35. The number of carboxylic acids is 1. The van der Waals surface area contributed by atoms with Gasteiger partial charge in [-0.2, -0.15) is 17.4 Å². The molecule has 0 aromatic rings. The van der Waals surface area contributed by atoms with Crippen LogP contribution >= 0.6 is 0 Å². The van der Waals surface area contributed by atoms with Gasteiger partial charge in [-0.25, -0.2) is 0 Å². The van der Waals surface area contributed by atoms with Gasteiger partial charge in [-0.1, -0.05) is 0 Å². The SMILES string of the molecule is CC(=O)N1CCC(NS(=O)(=O)N(C)CCC(=O)O)CC1. The molecule has 1 fully saturated rings. The van der Waals surface area contributed by atoms with E-state index < -0.39 is 16.2 Å². The zero-order valence-electron chi connectivity index (χ0n) is 11.7. The Morgan fingerprint density at radius 2 is 1.90 bits per heavy atom. The second-order valence-electron chi connectivity index (χ2n) is 4.87. The number of carbonyl (C=O) groups is 2. The maximum Gasteiger partial charge on any atom is 0.304 e. The van der Waals surface area contributed by atoms with Crippen molar-refractivity contribution in [3.63, 3.8) is 0 Å². The van der Waals surface area contributed by atoms with E-state index in [-0.39, 0.29) is 24.9 Å². The molecule has 20 heavy (non-hydrogen) atoms. The number of nitrogens with one attached hydrogen (secondary N) is 1. The highest BCUT2D eigenvalue weighted by molar-refractivity contribution is 7.87. The molecule has 1 aliphatic rings. The van der Waals surface area contributed by atoms with Crippen LogP contribution in [0.2, 0.25) is 0 Å².